The van der Waals surface area contributed by atoms with Gasteiger partial charge in [-0.15, -0.1) is 0 Å². The van der Waals surface area contributed by atoms with E-state index in [1.54, 1.807) is 30.2 Å². The molecule has 3 heterocycles. The van der Waals surface area contributed by atoms with Crippen LogP contribution in [0.3, 0.4) is 0 Å². The van der Waals surface area contributed by atoms with Gasteiger partial charge < -0.3 is 14.7 Å². The topological polar surface area (TPSA) is 84.2 Å². The molecular weight excluding hydrogens is 318 g/mol. The van der Waals surface area contributed by atoms with Crippen LogP contribution in [-0.4, -0.2) is 32.6 Å². The molecule has 0 bridgehead atoms. The van der Waals surface area contributed by atoms with Crippen molar-refractivity contribution in [2.24, 2.45) is 0 Å². The fourth-order valence-corrected chi connectivity index (χ4v) is 2.92. The van der Waals surface area contributed by atoms with Crippen molar-refractivity contribution in [2.75, 3.05) is 11.9 Å². The number of hydrogen-bond acceptors (Lipinski definition) is 5. The van der Waals surface area contributed by atoms with Gasteiger partial charge in [-0.2, -0.15) is 4.98 Å². The van der Waals surface area contributed by atoms with E-state index in [0.29, 0.717) is 29.1 Å². The highest BCUT2D eigenvalue weighted by Crippen LogP contribution is 2.29. The van der Waals surface area contributed by atoms with E-state index >= 15 is 0 Å². The first-order valence-electron chi connectivity index (χ1n) is 7.63. The molecule has 2 aromatic heterocycles. The number of nitrogens with zero attached hydrogens (tertiary/aromatic N) is 4. The summed E-state index contributed by atoms with van der Waals surface area (Å²) < 4.78 is 5.08. The normalized spacial score (nSPS) is 18.5. The maximum absolute atomic E-state index is 12.7. The average Bonchev–Trinajstić information content (AvgIpc) is 2.81. The van der Waals surface area contributed by atoms with Gasteiger partial charge in [0.1, 0.15) is 5.15 Å². The SMILES string of the molecule is Cc1nc([C@H]2CCCCCN2C(=O)Nc2ccnc(Cl)c2)no1. The van der Waals surface area contributed by atoms with Crippen LogP contribution in [-0.2, 0) is 0 Å². The number of aryl methyl sites for hydroxylation is 1. The number of amides is 2. The Bertz CT molecular complexity index is 690. The monoisotopic (exact) mass is 335 g/mol. The smallest absolute Gasteiger partial charge is 0.322 e. The Labute approximate surface area is 139 Å². The fraction of sp³-hybridized carbons (Fsp3) is 0.467. The highest BCUT2D eigenvalue weighted by Gasteiger charge is 2.30. The molecule has 2 amide bonds. The van der Waals surface area contributed by atoms with Gasteiger partial charge >= 0.3 is 6.03 Å². The lowest BCUT2D eigenvalue weighted by Gasteiger charge is -2.27. The largest absolute Gasteiger partial charge is 0.340 e. The molecule has 1 aliphatic heterocycles. The van der Waals surface area contributed by atoms with Crippen LogP contribution in [0.1, 0.15) is 43.4 Å². The first kappa shape index (κ1) is 15.7. The summed E-state index contributed by atoms with van der Waals surface area (Å²) in [4.78, 5) is 22.7. The molecule has 3 rings (SSSR count). The van der Waals surface area contributed by atoms with Gasteiger partial charge in [-0.05, 0) is 25.0 Å². The fourth-order valence-electron chi connectivity index (χ4n) is 2.75. The second-order valence-electron chi connectivity index (χ2n) is 5.53. The summed E-state index contributed by atoms with van der Waals surface area (Å²) >= 11 is 5.86. The van der Waals surface area contributed by atoms with E-state index in [-0.39, 0.29) is 12.1 Å². The number of aromatic nitrogens is 3. The third-order valence-electron chi connectivity index (χ3n) is 3.83. The lowest BCUT2D eigenvalue weighted by Crippen LogP contribution is -2.38. The number of urea groups is 1. The number of likely N-dealkylation sites (tertiary alicyclic amines) is 1. The second-order valence-corrected chi connectivity index (χ2v) is 5.91. The van der Waals surface area contributed by atoms with Crippen molar-refractivity contribution < 1.29 is 9.32 Å². The van der Waals surface area contributed by atoms with Crippen LogP contribution in [0.2, 0.25) is 5.15 Å². The number of rotatable bonds is 2. The molecule has 0 aliphatic carbocycles. The zero-order valence-corrected chi connectivity index (χ0v) is 13.6. The minimum atomic E-state index is -0.193. The van der Waals surface area contributed by atoms with Gasteiger partial charge in [0.15, 0.2) is 5.82 Å². The van der Waals surface area contributed by atoms with Crippen molar-refractivity contribution in [3.63, 3.8) is 0 Å². The summed E-state index contributed by atoms with van der Waals surface area (Å²) in [6, 6.07) is 2.95. The molecule has 0 unspecified atom stereocenters. The molecule has 1 fully saturated rings. The van der Waals surface area contributed by atoms with Gasteiger partial charge in [-0.1, -0.05) is 29.6 Å². The molecular formula is C15H18ClN5O2. The molecule has 0 aromatic carbocycles. The van der Waals surface area contributed by atoms with Gasteiger partial charge in [-0.25, -0.2) is 9.78 Å². The number of halogens is 1. The predicted molar refractivity (Wildman–Crippen MR) is 85.2 cm³/mol. The van der Waals surface area contributed by atoms with Gasteiger partial charge in [0.25, 0.3) is 0 Å². The van der Waals surface area contributed by atoms with E-state index in [0.717, 1.165) is 25.7 Å². The van der Waals surface area contributed by atoms with Crippen LogP contribution in [0.15, 0.2) is 22.9 Å². The summed E-state index contributed by atoms with van der Waals surface area (Å²) in [7, 11) is 0. The van der Waals surface area contributed by atoms with Crippen LogP contribution < -0.4 is 5.32 Å². The first-order chi connectivity index (χ1) is 11.1. The second kappa shape index (κ2) is 6.95. The average molecular weight is 336 g/mol. The molecule has 2 aromatic rings. The lowest BCUT2D eigenvalue weighted by atomic mass is 10.1. The molecule has 1 aliphatic rings. The molecule has 0 saturated carbocycles. The summed E-state index contributed by atoms with van der Waals surface area (Å²) in [6.45, 7) is 2.40. The van der Waals surface area contributed by atoms with Crippen molar-refractivity contribution in [2.45, 2.75) is 38.6 Å². The van der Waals surface area contributed by atoms with Crippen molar-refractivity contribution in [3.05, 3.63) is 35.2 Å². The van der Waals surface area contributed by atoms with Crippen molar-refractivity contribution in [1.29, 1.82) is 0 Å². The molecule has 0 spiro atoms. The first-order valence-corrected chi connectivity index (χ1v) is 8.00. The molecule has 1 saturated heterocycles. The van der Waals surface area contributed by atoms with Gasteiger partial charge in [0.05, 0.1) is 6.04 Å². The number of carbonyl (C=O) groups is 1. The molecule has 122 valence electrons. The van der Waals surface area contributed by atoms with Crippen LogP contribution in [0, 0.1) is 6.92 Å². The third-order valence-corrected chi connectivity index (χ3v) is 4.04. The number of nitrogens with one attached hydrogen (secondary N) is 1. The minimum absolute atomic E-state index is 0.174. The molecule has 23 heavy (non-hydrogen) atoms. The Morgan fingerprint density at radius 1 is 1.43 bits per heavy atom. The van der Waals surface area contributed by atoms with E-state index in [9.17, 15) is 4.79 Å². The van der Waals surface area contributed by atoms with E-state index in [2.05, 4.69) is 20.4 Å². The Morgan fingerprint density at radius 2 is 2.30 bits per heavy atom. The van der Waals surface area contributed by atoms with Crippen LogP contribution >= 0.6 is 11.6 Å². The van der Waals surface area contributed by atoms with Gasteiger partial charge in [0, 0.05) is 25.4 Å². The molecule has 8 heteroatoms. The standard InChI is InChI=1S/C15H18ClN5O2/c1-10-18-14(20-23-10)12-5-3-2-4-8-21(12)15(22)19-11-6-7-17-13(16)9-11/h6-7,9,12H,2-5,8H2,1H3,(H,17,19,22)/t12-/m1/s1. The Kier molecular flexibility index (Phi) is 4.76. The summed E-state index contributed by atoms with van der Waals surface area (Å²) in [5.74, 6) is 1.07. The van der Waals surface area contributed by atoms with Crippen molar-refractivity contribution >= 4 is 23.3 Å². The van der Waals surface area contributed by atoms with Crippen LogP contribution in [0.5, 0.6) is 0 Å². The van der Waals surface area contributed by atoms with Crippen molar-refractivity contribution in [3.8, 4) is 0 Å². The Balaban J connectivity index is 1.80. The maximum atomic E-state index is 12.7. The molecule has 1 N–H and O–H groups in total. The number of hydrogen-bond donors (Lipinski definition) is 1. The summed E-state index contributed by atoms with van der Waals surface area (Å²) in [5, 5.41) is 7.20. The quantitative estimate of drug-likeness (QED) is 0.848. The summed E-state index contributed by atoms with van der Waals surface area (Å²) in [5.41, 5.74) is 0.613. The number of anilines is 1. The predicted octanol–water partition coefficient (Wildman–Crippen LogP) is 3.58. The number of pyridine rings is 1. The summed E-state index contributed by atoms with van der Waals surface area (Å²) in [6.07, 6.45) is 5.45. The zero-order chi connectivity index (χ0) is 16.2. The van der Waals surface area contributed by atoms with E-state index < -0.39 is 0 Å². The maximum Gasteiger partial charge on any atom is 0.322 e. The van der Waals surface area contributed by atoms with Crippen LogP contribution in [0.4, 0.5) is 10.5 Å². The Hall–Kier alpha value is -2.15. The van der Waals surface area contributed by atoms with E-state index in [4.69, 9.17) is 16.1 Å². The van der Waals surface area contributed by atoms with Crippen molar-refractivity contribution in [1.82, 2.24) is 20.0 Å². The minimum Gasteiger partial charge on any atom is -0.340 e. The van der Waals surface area contributed by atoms with Gasteiger partial charge in [0.2, 0.25) is 5.89 Å². The zero-order valence-electron chi connectivity index (χ0n) is 12.8. The lowest BCUT2D eigenvalue weighted by molar-refractivity contribution is 0.184. The van der Waals surface area contributed by atoms with Crippen LogP contribution in [0.25, 0.3) is 0 Å². The third kappa shape index (κ3) is 3.79. The highest BCUT2D eigenvalue weighted by molar-refractivity contribution is 6.29. The number of carbonyl (C=O) groups excluding carboxylic acids is 1. The van der Waals surface area contributed by atoms with E-state index in [1.165, 1.54) is 0 Å². The molecule has 0 radical (unpaired) electrons. The molecule has 7 nitrogen and oxygen atoms in total. The van der Waals surface area contributed by atoms with Gasteiger partial charge in [-0.3, -0.25) is 0 Å². The molecule has 1 atom stereocenters. The Morgan fingerprint density at radius 3 is 3.04 bits per heavy atom. The van der Waals surface area contributed by atoms with E-state index in [1.807, 2.05) is 0 Å². The highest BCUT2D eigenvalue weighted by atomic mass is 35.5.